The van der Waals surface area contributed by atoms with Gasteiger partial charge in [0.1, 0.15) is 11.6 Å². The summed E-state index contributed by atoms with van der Waals surface area (Å²) < 4.78 is 54.4. The lowest BCUT2D eigenvalue weighted by Crippen LogP contribution is -2.39. The van der Waals surface area contributed by atoms with Crippen LogP contribution in [-0.2, 0) is 4.79 Å². The predicted octanol–water partition coefficient (Wildman–Crippen LogP) is 3.22. The number of ether oxygens (including phenoxy) is 1. The van der Waals surface area contributed by atoms with Crippen molar-refractivity contribution in [3.8, 4) is 5.75 Å². The van der Waals surface area contributed by atoms with Crippen molar-refractivity contribution >= 4 is 35.8 Å². The van der Waals surface area contributed by atoms with Gasteiger partial charge in [-0.2, -0.15) is 24.9 Å². The van der Waals surface area contributed by atoms with Gasteiger partial charge in [0.2, 0.25) is 5.91 Å². The number of halogens is 5. The molecule has 0 radical (unpaired) electrons. The molecule has 1 unspecified atom stereocenters. The van der Waals surface area contributed by atoms with E-state index in [-0.39, 0.29) is 42.2 Å². The molecule has 2 N–H and O–H groups in total. The number of rotatable bonds is 5. The highest BCUT2D eigenvalue weighted by atomic mass is 35.5. The van der Waals surface area contributed by atoms with Crippen molar-refractivity contribution in [2.45, 2.75) is 18.6 Å². The van der Waals surface area contributed by atoms with Crippen LogP contribution in [0.4, 0.5) is 23.2 Å². The summed E-state index contributed by atoms with van der Waals surface area (Å²) in [5.74, 6) is 0.306. The van der Waals surface area contributed by atoms with Crippen molar-refractivity contribution in [3.63, 3.8) is 0 Å². The number of nitrogens with one attached hydrogen (secondary N) is 2. The fourth-order valence-corrected chi connectivity index (χ4v) is 3.00. The summed E-state index contributed by atoms with van der Waals surface area (Å²) in [6.07, 6.45) is -4.36. The van der Waals surface area contributed by atoms with Crippen LogP contribution in [-0.4, -0.2) is 42.8 Å². The number of anilines is 1. The third-order valence-corrected chi connectivity index (χ3v) is 4.17. The van der Waals surface area contributed by atoms with E-state index in [1.165, 1.54) is 6.07 Å². The Kier molecular flexibility index (Phi) is 8.11. The van der Waals surface area contributed by atoms with Crippen LogP contribution in [0.1, 0.15) is 6.42 Å². The normalized spacial score (nSPS) is 17.8. The van der Waals surface area contributed by atoms with E-state index < -0.39 is 18.6 Å². The van der Waals surface area contributed by atoms with Crippen molar-refractivity contribution < 1.29 is 27.1 Å². The fourth-order valence-electron chi connectivity index (χ4n) is 2.05. The molecule has 1 amide bonds. The molecule has 4 nitrogen and oxygen atoms in total. The van der Waals surface area contributed by atoms with E-state index in [0.717, 1.165) is 30.2 Å². The van der Waals surface area contributed by atoms with Gasteiger partial charge in [-0.1, -0.05) is 0 Å². The Morgan fingerprint density at radius 1 is 1.42 bits per heavy atom. The second kappa shape index (κ2) is 9.33. The SMILES string of the molecule is Cl.O=C(CC1CSCCN1)Nc1ccc(F)cc1OCC(F)(F)F. The minimum absolute atomic E-state index is 0. The molecule has 0 aliphatic carbocycles. The van der Waals surface area contributed by atoms with Crippen molar-refractivity contribution in [2.75, 3.05) is 30.0 Å². The molecular formula is C14H17ClF4N2O2S. The molecular weight excluding hydrogens is 372 g/mol. The molecule has 1 aliphatic heterocycles. The zero-order valence-corrected chi connectivity index (χ0v) is 14.1. The van der Waals surface area contributed by atoms with Crippen molar-refractivity contribution in [1.29, 1.82) is 0 Å². The monoisotopic (exact) mass is 388 g/mol. The van der Waals surface area contributed by atoms with E-state index in [0.29, 0.717) is 0 Å². The Bertz CT molecular complexity index is 554. The number of amides is 1. The number of carbonyl (C=O) groups excluding carboxylic acids is 1. The molecule has 1 fully saturated rings. The molecule has 1 saturated heterocycles. The van der Waals surface area contributed by atoms with Crippen molar-refractivity contribution in [3.05, 3.63) is 24.0 Å². The third kappa shape index (κ3) is 7.14. The summed E-state index contributed by atoms with van der Waals surface area (Å²) in [6, 6.07) is 3.05. The van der Waals surface area contributed by atoms with Gasteiger partial charge in [0.25, 0.3) is 0 Å². The molecule has 0 spiro atoms. The first kappa shape index (κ1) is 20.9. The molecule has 1 aliphatic rings. The van der Waals surface area contributed by atoms with Gasteiger partial charge < -0.3 is 15.4 Å². The highest BCUT2D eigenvalue weighted by molar-refractivity contribution is 7.99. The van der Waals surface area contributed by atoms with Gasteiger partial charge >= 0.3 is 6.18 Å². The summed E-state index contributed by atoms with van der Waals surface area (Å²) in [7, 11) is 0. The molecule has 1 heterocycles. The predicted molar refractivity (Wildman–Crippen MR) is 87.6 cm³/mol. The zero-order valence-electron chi connectivity index (χ0n) is 12.5. The molecule has 0 saturated carbocycles. The van der Waals surface area contributed by atoms with Crippen LogP contribution < -0.4 is 15.4 Å². The summed E-state index contributed by atoms with van der Waals surface area (Å²) in [5, 5.41) is 5.66. The second-order valence-electron chi connectivity index (χ2n) is 5.02. The highest BCUT2D eigenvalue weighted by Gasteiger charge is 2.29. The van der Waals surface area contributed by atoms with Gasteiger partial charge in [-0.25, -0.2) is 4.39 Å². The van der Waals surface area contributed by atoms with E-state index in [4.69, 9.17) is 0 Å². The molecule has 1 atom stereocenters. The Morgan fingerprint density at radius 2 is 2.17 bits per heavy atom. The van der Waals surface area contributed by atoms with Crippen LogP contribution in [0.2, 0.25) is 0 Å². The zero-order chi connectivity index (χ0) is 16.9. The summed E-state index contributed by atoms with van der Waals surface area (Å²) >= 11 is 1.73. The average Bonchev–Trinajstić information content (AvgIpc) is 2.47. The molecule has 0 aromatic heterocycles. The molecule has 10 heteroatoms. The summed E-state index contributed by atoms with van der Waals surface area (Å²) in [6.45, 7) is -0.751. The number of hydrogen-bond donors (Lipinski definition) is 2. The van der Waals surface area contributed by atoms with E-state index in [2.05, 4.69) is 15.4 Å². The molecule has 24 heavy (non-hydrogen) atoms. The lowest BCUT2D eigenvalue weighted by atomic mass is 10.2. The molecule has 1 aromatic rings. The summed E-state index contributed by atoms with van der Waals surface area (Å²) in [4.78, 5) is 12.0. The van der Waals surface area contributed by atoms with Crippen LogP contribution in [0.15, 0.2) is 18.2 Å². The first-order valence-electron chi connectivity index (χ1n) is 6.93. The first-order chi connectivity index (χ1) is 10.8. The van der Waals surface area contributed by atoms with Gasteiger partial charge in [0, 0.05) is 36.6 Å². The standard InChI is InChI=1S/C14H16F4N2O2S.ClH/c15-9-1-2-11(12(5-9)22-8-14(16,17)18)20-13(21)6-10-7-23-4-3-19-10;/h1-2,5,10,19H,3-4,6-8H2,(H,20,21);1H. The Hall–Kier alpha value is -1.19. The highest BCUT2D eigenvalue weighted by Crippen LogP contribution is 2.28. The van der Waals surface area contributed by atoms with E-state index >= 15 is 0 Å². The topological polar surface area (TPSA) is 50.4 Å². The third-order valence-electron chi connectivity index (χ3n) is 3.04. The quantitative estimate of drug-likeness (QED) is 0.760. The van der Waals surface area contributed by atoms with Crippen LogP contribution in [0.3, 0.4) is 0 Å². The van der Waals surface area contributed by atoms with Gasteiger partial charge in [-0.05, 0) is 12.1 Å². The molecule has 2 rings (SSSR count). The van der Waals surface area contributed by atoms with Crippen LogP contribution in [0, 0.1) is 5.82 Å². The second-order valence-corrected chi connectivity index (χ2v) is 6.17. The Labute approximate surface area is 147 Å². The smallest absolute Gasteiger partial charge is 0.422 e. The number of hydrogen-bond acceptors (Lipinski definition) is 4. The van der Waals surface area contributed by atoms with Crippen LogP contribution in [0.25, 0.3) is 0 Å². The van der Waals surface area contributed by atoms with Crippen molar-refractivity contribution in [1.82, 2.24) is 5.32 Å². The lowest BCUT2D eigenvalue weighted by molar-refractivity contribution is -0.153. The molecule has 1 aromatic carbocycles. The van der Waals surface area contributed by atoms with Gasteiger partial charge in [0.15, 0.2) is 6.61 Å². The number of benzene rings is 1. The Morgan fingerprint density at radius 3 is 2.79 bits per heavy atom. The minimum Gasteiger partial charge on any atom is -0.482 e. The summed E-state index contributed by atoms with van der Waals surface area (Å²) in [5.41, 5.74) is 0.0177. The maximum absolute atomic E-state index is 13.2. The largest absolute Gasteiger partial charge is 0.482 e. The number of thioether (sulfide) groups is 1. The molecule has 136 valence electrons. The van der Waals surface area contributed by atoms with E-state index in [1.807, 2.05) is 0 Å². The van der Waals surface area contributed by atoms with E-state index in [9.17, 15) is 22.4 Å². The lowest BCUT2D eigenvalue weighted by Gasteiger charge is -2.22. The fraction of sp³-hybridized carbons (Fsp3) is 0.500. The van der Waals surface area contributed by atoms with E-state index in [1.54, 1.807) is 11.8 Å². The number of carbonyl (C=O) groups is 1. The van der Waals surface area contributed by atoms with Gasteiger partial charge in [0.05, 0.1) is 5.69 Å². The van der Waals surface area contributed by atoms with Gasteiger partial charge in [-0.3, -0.25) is 4.79 Å². The van der Waals surface area contributed by atoms with Crippen LogP contribution >= 0.6 is 24.2 Å². The molecule has 0 bridgehead atoms. The minimum atomic E-state index is -4.54. The number of alkyl halides is 3. The average molecular weight is 389 g/mol. The maximum atomic E-state index is 13.2. The first-order valence-corrected chi connectivity index (χ1v) is 8.09. The maximum Gasteiger partial charge on any atom is 0.422 e. The van der Waals surface area contributed by atoms with Crippen molar-refractivity contribution in [2.24, 2.45) is 0 Å². The Balaban J connectivity index is 0.00000288. The van der Waals surface area contributed by atoms with Gasteiger partial charge in [-0.15, -0.1) is 12.4 Å². The van der Waals surface area contributed by atoms with Crippen LogP contribution in [0.5, 0.6) is 5.75 Å².